The SMILES string of the molecule is CCOC(=O)c1cc2cc(NC(=O)[C@H]3[C@@H](c4ccc(OC)cc4)CCN3C(=O)OC(C)(C)C)ccc2[nH]1. The van der Waals surface area contributed by atoms with E-state index in [0.717, 1.165) is 16.5 Å². The first-order valence-electron chi connectivity index (χ1n) is 12.3. The summed E-state index contributed by atoms with van der Waals surface area (Å²) in [5, 5.41) is 3.72. The average molecular weight is 508 g/mol. The summed E-state index contributed by atoms with van der Waals surface area (Å²) in [6.07, 6.45) is 0.0903. The largest absolute Gasteiger partial charge is 0.497 e. The molecule has 0 unspecified atom stereocenters. The molecule has 37 heavy (non-hydrogen) atoms. The fourth-order valence-electron chi connectivity index (χ4n) is 4.59. The summed E-state index contributed by atoms with van der Waals surface area (Å²) in [7, 11) is 1.60. The molecule has 2 aromatic carbocycles. The molecule has 0 radical (unpaired) electrons. The number of aromatic nitrogens is 1. The van der Waals surface area contributed by atoms with Crippen molar-refractivity contribution in [2.45, 2.75) is 51.7 Å². The van der Waals surface area contributed by atoms with Gasteiger partial charge in [0.2, 0.25) is 5.91 Å². The molecule has 1 aliphatic heterocycles. The molecule has 3 aromatic rings. The van der Waals surface area contributed by atoms with Crippen molar-refractivity contribution in [1.29, 1.82) is 0 Å². The lowest BCUT2D eigenvalue weighted by molar-refractivity contribution is -0.120. The van der Waals surface area contributed by atoms with Gasteiger partial charge in [0.05, 0.1) is 13.7 Å². The number of aromatic amines is 1. The number of amides is 2. The van der Waals surface area contributed by atoms with Crippen molar-refractivity contribution in [2.24, 2.45) is 0 Å². The number of fused-ring (bicyclic) bond motifs is 1. The van der Waals surface area contributed by atoms with Gasteiger partial charge in [-0.3, -0.25) is 9.69 Å². The number of nitrogens with one attached hydrogen (secondary N) is 2. The van der Waals surface area contributed by atoms with Gasteiger partial charge in [-0.2, -0.15) is 0 Å². The van der Waals surface area contributed by atoms with E-state index in [-0.39, 0.29) is 18.4 Å². The van der Waals surface area contributed by atoms with Gasteiger partial charge >= 0.3 is 12.1 Å². The molecule has 2 N–H and O–H groups in total. The molecule has 0 saturated carbocycles. The van der Waals surface area contributed by atoms with Crippen LogP contribution in [0.5, 0.6) is 5.75 Å². The van der Waals surface area contributed by atoms with E-state index in [9.17, 15) is 14.4 Å². The van der Waals surface area contributed by atoms with Crippen LogP contribution in [-0.4, -0.2) is 59.8 Å². The lowest BCUT2D eigenvalue weighted by atomic mass is 9.91. The zero-order chi connectivity index (χ0) is 26.7. The number of hydrogen-bond donors (Lipinski definition) is 2. The Bertz CT molecular complexity index is 1290. The zero-order valence-electron chi connectivity index (χ0n) is 21.8. The Morgan fingerprint density at radius 3 is 2.46 bits per heavy atom. The monoisotopic (exact) mass is 507 g/mol. The second-order valence-corrected chi connectivity index (χ2v) is 9.98. The lowest BCUT2D eigenvalue weighted by Crippen LogP contribution is -2.47. The van der Waals surface area contributed by atoms with Crippen LogP contribution in [0.1, 0.15) is 56.1 Å². The molecule has 0 bridgehead atoms. The van der Waals surface area contributed by atoms with Gasteiger partial charge in [0.15, 0.2) is 0 Å². The third kappa shape index (κ3) is 5.87. The minimum Gasteiger partial charge on any atom is -0.497 e. The third-order valence-corrected chi connectivity index (χ3v) is 6.22. The zero-order valence-corrected chi connectivity index (χ0v) is 21.8. The van der Waals surface area contributed by atoms with Crippen molar-refractivity contribution in [3.05, 3.63) is 59.8 Å². The molecule has 1 aliphatic rings. The van der Waals surface area contributed by atoms with Gasteiger partial charge in [-0.15, -0.1) is 0 Å². The lowest BCUT2D eigenvalue weighted by Gasteiger charge is -2.30. The molecular weight excluding hydrogens is 474 g/mol. The third-order valence-electron chi connectivity index (χ3n) is 6.22. The minimum atomic E-state index is -0.764. The predicted octanol–water partition coefficient (Wildman–Crippen LogP) is 5.08. The van der Waals surface area contributed by atoms with Crippen molar-refractivity contribution in [2.75, 3.05) is 25.6 Å². The van der Waals surface area contributed by atoms with Crippen LogP contribution in [0.25, 0.3) is 10.9 Å². The first kappa shape index (κ1) is 26.1. The Morgan fingerprint density at radius 2 is 1.81 bits per heavy atom. The molecule has 2 amide bonds. The molecule has 1 aromatic heterocycles. The highest BCUT2D eigenvalue weighted by Crippen LogP contribution is 2.36. The molecule has 0 spiro atoms. The minimum absolute atomic E-state index is 0.218. The van der Waals surface area contributed by atoms with E-state index in [1.54, 1.807) is 59.1 Å². The predicted molar refractivity (Wildman–Crippen MR) is 140 cm³/mol. The molecule has 4 rings (SSSR count). The van der Waals surface area contributed by atoms with E-state index in [4.69, 9.17) is 14.2 Å². The molecule has 2 atom stereocenters. The van der Waals surface area contributed by atoms with Crippen LogP contribution in [0.2, 0.25) is 0 Å². The highest BCUT2D eigenvalue weighted by molar-refractivity contribution is 6.00. The summed E-state index contributed by atoms with van der Waals surface area (Å²) in [5.74, 6) is -0.256. The van der Waals surface area contributed by atoms with Crippen molar-refractivity contribution in [3.8, 4) is 5.75 Å². The maximum Gasteiger partial charge on any atom is 0.410 e. The van der Waals surface area contributed by atoms with Gasteiger partial charge in [-0.25, -0.2) is 9.59 Å². The number of anilines is 1. The fraction of sp³-hybridized carbons (Fsp3) is 0.393. The van der Waals surface area contributed by atoms with Crippen LogP contribution >= 0.6 is 0 Å². The van der Waals surface area contributed by atoms with Gasteiger partial charge in [-0.1, -0.05) is 12.1 Å². The smallest absolute Gasteiger partial charge is 0.410 e. The van der Waals surface area contributed by atoms with Crippen LogP contribution in [0, 0.1) is 0 Å². The number of ether oxygens (including phenoxy) is 3. The number of esters is 1. The van der Waals surface area contributed by atoms with Crippen molar-refractivity contribution < 1.29 is 28.6 Å². The van der Waals surface area contributed by atoms with E-state index in [1.807, 2.05) is 24.3 Å². The molecular formula is C28H33N3O6. The average Bonchev–Trinajstić information content (AvgIpc) is 3.48. The Kier molecular flexibility index (Phi) is 7.42. The molecule has 0 aliphatic carbocycles. The molecule has 9 nitrogen and oxygen atoms in total. The number of methoxy groups -OCH3 is 1. The highest BCUT2D eigenvalue weighted by atomic mass is 16.6. The van der Waals surface area contributed by atoms with E-state index >= 15 is 0 Å². The first-order valence-corrected chi connectivity index (χ1v) is 12.3. The summed E-state index contributed by atoms with van der Waals surface area (Å²) in [5.41, 5.74) is 1.88. The number of hydrogen-bond acceptors (Lipinski definition) is 6. The summed E-state index contributed by atoms with van der Waals surface area (Å²) >= 11 is 0. The molecule has 1 saturated heterocycles. The van der Waals surface area contributed by atoms with Crippen LogP contribution in [0.4, 0.5) is 10.5 Å². The van der Waals surface area contributed by atoms with Gasteiger partial charge in [-0.05, 0) is 76.1 Å². The van der Waals surface area contributed by atoms with E-state index in [0.29, 0.717) is 30.1 Å². The second-order valence-electron chi connectivity index (χ2n) is 9.98. The van der Waals surface area contributed by atoms with E-state index in [1.165, 1.54) is 4.90 Å². The Morgan fingerprint density at radius 1 is 1.08 bits per heavy atom. The number of benzene rings is 2. The first-order chi connectivity index (χ1) is 17.6. The Hall–Kier alpha value is -4.01. The summed E-state index contributed by atoms with van der Waals surface area (Å²) in [6.45, 7) is 7.82. The molecule has 2 heterocycles. The number of rotatable bonds is 6. The maximum atomic E-state index is 13.7. The summed E-state index contributed by atoms with van der Waals surface area (Å²) in [4.78, 5) is 43.3. The van der Waals surface area contributed by atoms with Gasteiger partial charge in [0, 0.05) is 29.1 Å². The molecule has 1 fully saturated rings. The standard InChI is InChI=1S/C28H33N3O6/c1-6-36-26(33)23-16-18-15-19(9-12-22(18)30-23)29-25(32)24-21(17-7-10-20(35-5)11-8-17)13-14-31(24)27(34)37-28(2,3)4/h7-12,15-16,21,24,30H,6,13-14H2,1-5H3,(H,29,32)/t21-,24-/m1/s1. The van der Waals surface area contributed by atoms with Crippen LogP contribution < -0.4 is 10.1 Å². The Balaban J connectivity index is 1.61. The normalized spacial score (nSPS) is 17.5. The van der Waals surface area contributed by atoms with E-state index < -0.39 is 23.7 Å². The van der Waals surface area contributed by atoms with Crippen molar-refractivity contribution >= 4 is 34.6 Å². The van der Waals surface area contributed by atoms with Crippen LogP contribution in [0.15, 0.2) is 48.5 Å². The van der Waals surface area contributed by atoms with Gasteiger partial charge in [0.25, 0.3) is 0 Å². The summed E-state index contributed by atoms with van der Waals surface area (Å²) < 4.78 is 15.9. The quantitative estimate of drug-likeness (QED) is 0.450. The Labute approximate surface area is 216 Å². The maximum absolute atomic E-state index is 13.7. The number of nitrogens with zero attached hydrogens (tertiary/aromatic N) is 1. The van der Waals surface area contributed by atoms with Crippen LogP contribution in [-0.2, 0) is 14.3 Å². The number of H-pyrrole nitrogens is 1. The number of carbonyl (C=O) groups excluding carboxylic acids is 3. The summed E-state index contributed by atoms with van der Waals surface area (Å²) in [6, 6.07) is 13.8. The topological polar surface area (TPSA) is 110 Å². The van der Waals surface area contributed by atoms with Crippen molar-refractivity contribution in [3.63, 3.8) is 0 Å². The fourth-order valence-corrected chi connectivity index (χ4v) is 4.59. The van der Waals surface area contributed by atoms with E-state index in [2.05, 4.69) is 10.3 Å². The van der Waals surface area contributed by atoms with Crippen LogP contribution in [0.3, 0.4) is 0 Å². The number of likely N-dealkylation sites (tertiary alicyclic amines) is 1. The van der Waals surface area contributed by atoms with Gasteiger partial charge in [0.1, 0.15) is 23.1 Å². The molecule has 9 heteroatoms. The van der Waals surface area contributed by atoms with Gasteiger partial charge < -0.3 is 24.5 Å². The number of carbonyl (C=O) groups is 3. The highest BCUT2D eigenvalue weighted by Gasteiger charge is 2.44. The van der Waals surface area contributed by atoms with Crippen molar-refractivity contribution in [1.82, 2.24) is 9.88 Å². The molecule has 196 valence electrons. The second kappa shape index (κ2) is 10.5.